The van der Waals surface area contributed by atoms with E-state index in [2.05, 4.69) is 43.2 Å². The highest BCUT2D eigenvalue weighted by molar-refractivity contribution is 5.76. The standard InChI is InChI=1S/C50H101N3O3/c1-5-9-13-17-20-21-24-30-38-48(37-29-23-19-15-11-7-3)46-52-50(56)40-32-26-34-42-53(43-44-54)41-33-25-31-39-49(55)51-45-47(35-27-16-12-8-4)36-28-22-18-14-10-6-2/h47-48,54H,5-46H2,1-4H3,(H,51,55)(H,52,56). The molecule has 0 aliphatic carbocycles. The van der Waals surface area contributed by atoms with Crippen LogP contribution >= 0.6 is 0 Å². The van der Waals surface area contributed by atoms with Gasteiger partial charge < -0.3 is 20.6 Å². The van der Waals surface area contributed by atoms with Crippen LogP contribution in [0.2, 0.25) is 0 Å². The summed E-state index contributed by atoms with van der Waals surface area (Å²) in [5, 5.41) is 16.3. The number of carbonyl (C=O) groups excluding carboxylic acids is 2. The van der Waals surface area contributed by atoms with E-state index in [-0.39, 0.29) is 18.4 Å². The van der Waals surface area contributed by atoms with Gasteiger partial charge in [0.1, 0.15) is 0 Å². The van der Waals surface area contributed by atoms with Crippen LogP contribution in [-0.4, -0.2) is 61.2 Å². The number of nitrogens with one attached hydrogen (secondary N) is 2. The Kier molecular flexibility index (Phi) is 44.0. The molecule has 3 N–H and O–H groups in total. The second-order valence-corrected chi connectivity index (χ2v) is 17.8. The van der Waals surface area contributed by atoms with E-state index < -0.39 is 0 Å². The molecule has 0 aromatic carbocycles. The maximum Gasteiger partial charge on any atom is 0.220 e. The van der Waals surface area contributed by atoms with Crippen LogP contribution in [0.1, 0.15) is 259 Å². The van der Waals surface area contributed by atoms with Crippen LogP contribution in [0.3, 0.4) is 0 Å². The largest absolute Gasteiger partial charge is 0.395 e. The minimum atomic E-state index is 0.183. The molecular formula is C50H101N3O3. The molecule has 0 saturated carbocycles. The second kappa shape index (κ2) is 45.0. The Balaban J connectivity index is 4.29. The van der Waals surface area contributed by atoms with Gasteiger partial charge in [-0.25, -0.2) is 0 Å². The summed E-state index contributed by atoms with van der Waals surface area (Å²) in [6, 6.07) is 0. The van der Waals surface area contributed by atoms with Crippen molar-refractivity contribution >= 4 is 11.8 Å². The summed E-state index contributed by atoms with van der Waals surface area (Å²) in [5.41, 5.74) is 0. The molecule has 2 unspecified atom stereocenters. The molecule has 0 radical (unpaired) electrons. The van der Waals surface area contributed by atoms with Gasteiger partial charge in [0.2, 0.25) is 11.8 Å². The average Bonchev–Trinajstić information content (AvgIpc) is 3.20. The molecule has 334 valence electrons. The molecular weight excluding hydrogens is 691 g/mol. The average molecular weight is 792 g/mol. The Labute approximate surface area is 351 Å². The fourth-order valence-corrected chi connectivity index (χ4v) is 8.32. The van der Waals surface area contributed by atoms with Crippen molar-refractivity contribution in [3.05, 3.63) is 0 Å². The van der Waals surface area contributed by atoms with E-state index >= 15 is 0 Å². The normalized spacial score (nSPS) is 12.7. The first kappa shape index (κ1) is 54.9. The highest BCUT2D eigenvalue weighted by Gasteiger charge is 2.13. The van der Waals surface area contributed by atoms with E-state index in [1.54, 1.807) is 0 Å². The summed E-state index contributed by atoms with van der Waals surface area (Å²) in [6.07, 6.45) is 44.5. The van der Waals surface area contributed by atoms with Gasteiger partial charge in [0.05, 0.1) is 6.61 Å². The lowest BCUT2D eigenvalue weighted by Crippen LogP contribution is -2.30. The van der Waals surface area contributed by atoms with E-state index in [9.17, 15) is 14.7 Å². The summed E-state index contributed by atoms with van der Waals surface area (Å²) in [6.45, 7) is 13.7. The third-order valence-electron chi connectivity index (χ3n) is 12.2. The summed E-state index contributed by atoms with van der Waals surface area (Å²) in [4.78, 5) is 27.8. The molecule has 6 heteroatoms. The first-order valence-electron chi connectivity index (χ1n) is 25.4. The van der Waals surface area contributed by atoms with Crippen LogP contribution in [-0.2, 0) is 9.59 Å². The van der Waals surface area contributed by atoms with E-state index in [4.69, 9.17) is 0 Å². The van der Waals surface area contributed by atoms with Gasteiger partial charge in [0.25, 0.3) is 0 Å². The zero-order valence-corrected chi connectivity index (χ0v) is 38.6. The lowest BCUT2D eigenvalue weighted by molar-refractivity contribution is -0.122. The molecule has 56 heavy (non-hydrogen) atoms. The van der Waals surface area contributed by atoms with Gasteiger partial charge in [-0.05, 0) is 76.3 Å². The molecule has 0 aromatic heterocycles. The Morgan fingerprint density at radius 2 is 0.679 bits per heavy atom. The third kappa shape index (κ3) is 39.7. The van der Waals surface area contributed by atoms with Gasteiger partial charge in [0.15, 0.2) is 0 Å². The minimum Gasteiger partial charge on any atom is -0.395 e. The molecule has 0 aliphatic heterocycles. The van der Waals surface area contributed by atoms with Crippen LogP contribution in [0.15, 0.2) is 0 Å². The number of amides is 2. The van der Waals surface area contributed by atoms with Gasteiger partial charge in [-0.2, -0.15) is 0 Å². The van der Waals surface area contributed by atoms with Crippen molar-refractivity contribution < 1.29 is 14.7 Å². The lowest BCUT2D eigenvalue weighted by atomic mass is 9.94. The number of aliphatic hydroxyl groups is 1. The van der Waals surface area contributed by atoms with Crippen molar-refractivity contribution in [3.63, 3.8) is 0 Å². The van der Waals surface area contributed by atoms with Crippen LogP contribution in [0.5, 0.6) is 0 Å². The Morgan fingerprint density at radius 3 is 1.00 bits per heavy atom. The van der Waals surface area contributed by atoms with E-state index in [1.165, 1.54) is 180 Å². The number of nitrogens with zero attached hydrogens (tertiary/aromatic N) is 1. The Bertz CT molecular complexity index is 808. The van der Waals surface area contributed by atoms with Gasteiger partial charge in [-0.1, -0.05) is 195 Å². The first-order valence-corrected chi connectivity index (χ1v) is 25.4. The molecule has 0 heterocycles. The number of hydrogen-bond acceptors (Lipinski definition) is 4. The van der Waals surface area contributed by atoms with Crippen LogP contribution < -0.4 is 10.6 Å². The van der Waals surface area contributed by atoms with Gasteiger partial charge >= 0.3 is 0 Å². The highest BCUT2D eigenvalue weighted by Crippen LogP contribution is 2.21. The summed E-state index contributed by atoms with van der Waals surface area (Å²) >= 11 is 0. The van der Waals surface area contributed by atoms with E-state index in [1.807, 2.05) is 0 Å². The van der Waals surface area contributed by atoms with Crippen LogP contribution in [0.25, 0.3) is 0 Å². The van der Waals surface area contributed by atoms with Gasteiger partial charge in [0, 0.05) is 32.5 Å². The summed E-state index contributed by atoms with van der Waals surface area (Å²) in [5.74, 6) is 1.71. The van der Waals surface area contributed by atoms with Crippen molar-refractivity contribution in [1.82, 2.24) is 15.5 Å². The van der Waals surface area contributed by atoms with Crippen molar-refractivity contribution in [2.75, 3.05) is 39.3 Å². The maximum atomic E-state index is 12.8. The molecule has 0 aromatic rings. The van der Waals surface area contributed by atoms with E-state index in [0.717, 1.165) is 64.7 Å². The topological polar surface area (TPSA) is 81.7 Å². The Morgan fingerprint density at radius 1 is 0.393 bits per heavy atom. The molecule has 0 rings (SSSR count). The molecule has 0 bridgehead atoms. The minimum absolute atomic E-state index is 0.183. The monoisotopic (exact) mass is 792 g/mol. The smallest absolute Gasteiger partial charge is 0.220 e. The van der Waals surface area contributed by atoms with Crippen molar-refractivity contribution in [2.45, 2.75) is 259 Å². The van der Waals surface area contributed by atoms with Crippen molar-refractivity contribution in [1.29, 1.82) is 0 Å². The molecule has 2 amide bonds. The fourth-order valence-electron chi connectivity index (χ4n) is 8.32. The molecule has 0 spiro atoms. The van der Waals surface area contributed by atoms with Crippen molar-refractivity contribution in [3.8, 4) is 0 Å². The van der Waals surface area contributed by atoms with Crippen molar-refractivity contribution in [2.24, 2.45) is 11.8 Å². The second-order valence-electron chi connectivity index (χ2n) is 17.8. The Hall–Kier alpha value is -1.14. The number of unbranched alkanes of at least 4 members (excludes halogenated alkanes) is 24. The number of aliphatic hydroxyl groups excluding tert-OH is 1. The molecule has 0 aliphatic rings. The first-order chi connectivity index (χ1) is 27.5. The third-order valence-corrected chi connectivity index (χ3v) is 12.2. The van der Waals surface area contributed by atoms with Crippen LogP contribution in [0.4, 0.5) is 0 Å². The summed E-state index contributed by atoms with van der Waals surface area (Å²) in [7, 11) is 0. The van der Waals surface area contributed by atoms with Crippen LogP contribution in [0, 0.1) is 11.8 Å². The maximum absolute atomic E-state index is 12.8. The highest BCUT2D eigenvalue weighted by atomic mass is 16.3. The number of carbonyl (C=O) groups is 2. The van der Waals surface area contributed by atoms with Gasteiger partial charge in [-0.15, -0.1) is 0 Å². The molecule has 2 atom stereocenters. The van der Waals surface area contributed by atoms with Gasteiger partial charge in [-0.3, -0.25) is 9.59 Å². The molecule has 0 saturated heterocycles. The SMILES string of the molecule is CCCCCCCCCCC(CCCCCCCC)CNC(=O)CCCCCN(CCO)CCCCCC(=O)NCC(CCCCCC)CCCCCCCC. The zero-order chi connectivity index (χ0) is 41.0. The zero-order valence-electron chi connectivity index (χ0n) is 38.6. The lowest BCUT2D eigenvalue weighted by Gasteiger charge is -2.21. The number of hydrogen-bond donors (Lipinski definition) is 3. The summed E-state index contributed by atoms with van der Waals surface area (Å²) < 4.78 is 0. The molecule has 6 nitrogen and oxygen atoms in total. The fraction of sp³-hybridized carbons (Fsp3) is 0.960. The van der Waals surface area contributed by atoms with E-state index in [0.29, 0.717) is 31.2 Å². The predicted molar refractivity (Wildman–Crippen MR) is 245 cm³/mol. The molecule has 0 fully saturated rings. The quantitative estimate of drug-likeness (QED) is 0.0536. The predicted octanol–water partition coefficient (Wildman–Crippen LogP) is 13.9. The number of rotatable bonds is 46.